The van der Waals surface area contributed by atoms with Gasteiger partial charge >= 0.3 is 0 Å². The summed E-state index contributed by atoms with van der Waals surface area (Å²) < 4.78 is 0. The molecule has 2 atom stereocenters. The Hall–Kier alpha value is -0.830. The van der Waals surface area contributed by atoms with Crippen molar-refractivity contribution in [2.75, 3.05) is 17.3 Å². The van der Waals surface area contributed by atoms with Crippen molar-refractivity contribution in [1.29, 1.82) is 0 Å². The maximum atomic E-state index is 6.04. The van der Waals surface area contributed by atoms with Crippen molar-refractivity contribution >= 4 is 17.4 Å². The molecule has 0 aliphatic carbocycles. The number of halogens is 1. The van der Waals surface area contributed by atoms with Crippen molar-refractivity contribution in [3.63, 3.8) is 0 Å². The zero-order valence-corrected chi connectivity index (χ0v) is 10.8. The standard InChI is InChI=1S/C12H18ClN3/c1-8-4-5-16(11(8)7-13)12-6-9(2)14-10(3)15-12/h6,8,11H,4-5,7H2,1-3H3. The van der Waals surface area contributed by atoms with Crippen LogP contribution in [0, 0.1) is 19.8 Å². The van der Waals surface area contributed by atoms with E-state index < -0.39 is 0 Å². The average molecular weight is 240 g/mol. The molecule has 0 bridgehead atoms. The van der Waals surface area contributed by atoms with Crippen molar-refractivity contribution < 1.29 is 0 Å². The molecule has 3 nitrogen and oxygen atoms in total. The van der Waals surface area contributed by atoms with E-state index in [0.717, 1.165) is 23.9 Å². The first-order valence-electron chi connectivity index (χ1n) is 5.76. The van der Waals surface area contributed by atoms with Gasteiger partial charge in [0.05, 0.1) is 0 Å². The van der Waals surface area contributed by atoms with Gasteiger partial charge in [0, 0.05) is 30.2 Å². The van der Waals surface area contributed by atoms with E-state index in [0.29, 0.717) is 17.8 Å². The minimum Gasteiger partial charge on any atom is -0.352 e. The smallest absolute Gasteiger partial charge is 0.132 e. The summed E-state index contributed by atoms with van der Waals surface area (Å²) in [4.78, 5) is 11.1. The Morgan fingerprint density at radius 2 is 2.19 bits per heavy atom. The zero-order valence-electron chi connectivity index (χ0n) is 10.1. The topological polar surface area (TPSA) is 29.0 Å². The van der Waals surface area contributed by atoms with Gasteiger partial charge in [0.15, 0.2) is 0 Å². The normalized spacial score (nSPS) is 25.1. The third-order valence-electron chi connectivity index (χ3n) is 3.29. The lowest BCUT2D eigenvalue weighted by atomic mass is 10.1. The van der Waals surface area contributed by atoms with E-state index in [2.05, 4.69) is 21.8 Å². The van der Waals surface area contributed by atoms with Crippen LogP contribution < -0.4 is 4.90 Å². The Morgan fingerprint density at radius 1 is 1.44 bits per heavy atom. The maximum absolute atomic E-state index is 6.04. The van der Waals surface area contributed by atoms with E-state index in [-0.39, 0.29) is 0 Å². The summed E-state index contributed by atoms with van der Waals surface area (Å²) in [7, 11) is 0. The fraction of sp³-hybridized carbons (Fsp3) is 0.667. The van der Waals surface area contributed by atoms with Gasteiger partial charge in [-0.1, -0.05) is 6.92 Å². The van der Waals surface area contributed by atoms with Gasteiger partial charge < -0.3 is 4.90 Å². The van der Waals surface area contributed by atoms with Crippen LogP contribution in [0.15, 0.2) is 6.07 Å². The number of hydrogen-bond donors (Lipinski definition) is 0. The number of aromatic nitrogens is 2. The summed E-state index contributed by atoms with van der Waals surface area (Å²) in [5, 5.41) is 0. The van der Waals surface area contributed by atoms with Crippen molar-refractivity contribution in [3.8, 4) is 0 Å². The molecule has 0 N–H and O–H groups in total. The lowest BCUT2D eigenvalue weighted by Gasteiger charge is -2.26. The summed E-state index contributed by atoms with van der Waals surface area (Å²) in [6.07, 6.45) is 1.19. The van der Waals surface area contributed by atoms with Gasteiger partial charge in [0.1, 0.15) is 11.6 Å². The Morgan fingerprint density at radius 3 is 2.81 bits per heavy atom. The monoisotopic (exact) mass is 239 g/mol. The average Bonchev–Trinajstić information content (AvgIpc) is 2.58. The minimum absolute atomic E-state index is 0.412. The van der Waals surface area contributed by atoms with Crippen LogP contribution in [0.2, 0.25) is 0 Å². The number of hydrogen-bond acceptors (Lipinski definition) is 3. The van der Waals surface area contributed by atoms with Gasteiger partial charge in [-0.05, 0) is 26.2 Å². The summed E-state index contributed by atoms with van der Waals surface area (Å²) >= 11 is 6.04. The third-order valence-corrected chi connectivity index (χ3v) is 3.60. The quantitative estimate of drug-likeness (QED) is 0.743. The summed E-state index contributed by atoms with van der Waals surface area (Å²) in [5.41, 5.74) is 1.02. The highest BCUT2D eigenvalue weighted by Crippen LogP contribution is 2.29. The molecule has 1 aromatic rings. The molecule has 1 aliphatic heterocycles. The molecule has 88 valence electrons. The molecule has 0 radical (unpaired) electrons. The highest BCUT2D eigenvalue weighted by molar-refractivity contribution is 6.18. The Labute approximate surface area is 102 Å². The number of alkyl halides is 1. The first kappa shape index (κ1) is 11.6. The Bertz CT molecular complexity index is 360. The number of anilines is 1. The molecule has 1 aliphatic rings. The molecule has 0 aromatic carbocycles. The lowest BCUT2D eigenvalue weighted by molar-refractivity contribution is 0.548. The van der Waals surface area contributed by atoms with Crippen LogP contribution in [0.1, 0.15) is 24.9 Å². The van der Waals surface area contributed by atoms with Crippen molar-refractivity contribution in [3.05, 3.63) is 17.6 Å². The van der Waals surface area contributed by atoms with Crippen LogP contribution in [0.5, 0.6) is 0 Å². The molecule has 1 saturated heterocycles. The van der Waals surface area contributed by atoms with Crippen LogP contribution in [0.4, 0.5) is 5.82 Å². The van der Waals surface area contributed by atoms with Crippen molar-refractivity contribution in [2.24, 2.45) is 5.92 Å². The number of nitrogens with zero attached hydrogens (tertiary/aromatic N) is 3. The van der Waals surface area contributed by atoms with E-state index >= 15 is 0 Å². The van der Waals surface area contributed by atoms with Gasteiger partial charge in [0.25, 0.3) is 0 Å². The van der Waals surface area contributed by atoms with Crippen molar-refractivity contribution in [1.82, 2.24) is 9.97 Å². The molecule has 0 saturated carbocycles. The molecular weight excluding hydrogens is 222 g/mol. The minimum atomic E-state index is 0.412. The van der Waals surface area contributed by atoms with Gasteiger partial charge in [-0.2, -0.15) is 0 Å². The van der Waals surface area contributed by atoms with Crippen LogP contribution in [0.3, 0.4) is 0 Å². The summed E-state index contributed by atoms with van der Waals surface area (Å²) in [6, 6.07) is 2.46. The van der Waals surface area contributed by atoms with Gasteiger partial charge in [-0.3, -0.25) is 0 Å². The van der Waals surface area contributed by atoms with E-state index in [1.54, 1.807) is 0 Å². The van der Waals surface area contributed by atoms with Crippen LogP contribution in [-0.2, 0) is 0 Å². The fourth-order valence-corrected chi connectivity index (χ4v) is 2.84. The predicted octanol–water partition coefficient (Wildman–Crippen LogP) is 2.55. The molecule has 1 aromatic heterocycles. The Balaban J connectivity index is 2.29. The third kappa shape index (κ3) is 2.14. The highest BCUT2D eigenvalue weighted by atomic mass is 35.5. The molecule has 2 rings (SSSR count). The second kappa shape index (κ2) is 4.58. The largest absolute Gasteiger partial charge is 0.352 e. The Kier molecular flexibility index (Phi) is 3.33. The molecule has 0 spiro atoms. The second-order valence-corrected chi connectivity index (χ2v) is 4.90. The predicted molar refractivity (Wildman–Crippen MR) is 67.1 cm³/mol. The van der Waals surface area contributed by atoms with E-state index in [1.807, 2.05) is 19.9 Å². The van der Waals surface area contributed by atoms with E-state index in [9.17, 15) is 0 Å². The fourth-order valence-electron chi connectivity index (χ4n) is 2.37. The summed E-state index contributed by atoms with van der Waals surface area (Å²) in [6.45, 7) is 7.25. The SMILES string of the molecule is Cc1cc(N2CCC(C)C2CCl)nc(C)n1. The molecule has 0 amide bonds. The summed E-state index contributed by atoms with van der Waals surface area (Å²) in [5.74, 6) is 3.18. The molecule has 1 fully saturated rings. The molecular formula is C12H18ClN3. The lowest BCUT2D eigenvalue weighted by Crippen LogP contribution is -2.34. The molecule has 16 heavy (non-hydrogen) atoms. The highest BCUT2D eigenvalue weighted by Gasteiger charge is 2.31. The zero-order chi connectivity index (χ0) is 11.7. The first-order valence-corrected chi connectivity index (χ1v) is 6.30. The van der Waals surface area contributed by atoms with Gasteiger partial charge in [-0.25, -0.2) is 9.97 Å². The van der Waals surface area contributed by atoms with E-state index in [4.69, 9.17) is 11.6 Å². The first-order chi connectivity index (χ1) is 7.61. The maximum Gasteiger partial charge on any atom is 0.132 e. The van der Waals surface area contributed by atoms with Crippen molar-refractivity contribution in [2.45, 2.75) is 33.2 Å². The molecule has 2 unspecified atom stereocenters. The number of aryl methyl sites for hydroxylation is 2. The molecule has 4 heteroatoms. The van der Waals surface area contributed by atoms with Crippen LogP contribution >= 0.6 is 11.6 Å². The van der Waals surface area contributed by atoms with Crippen LogP contribution in [0.25, 0.3) is 0 Å². The van der Waals surface area contributed by atoms with Crippen LogP contribution in [-0.4, -0.2) is 28.4 Å². The van der Waals surface area contributed by atoms with Gasteiger partial charge in [-0.15, -0.1) is 11.6 Å². The second-order valence-electron chi connectivity index (χ2n) is 4.60. The molecule has 2 heterocycles. The van der Waals surface area contributed by atoms with Gasteiger partial charge in [0.2, 0.25) is 0 Å². The van der Waals surface area contributed by atoms with E-state index in [1.165, 1.54) is 6.42 Å². The number of rotatable bonds is 2.